The molecule has 160 valence electrons. The third-order valence-corrected chi connectivity index (χ3v) is 3.68. The Hall–Kier alpha value is -2.37. The van der Waals surface area contributed by atoms with Crippen LogP contribution >= 0.6 is 24.0 Å². The first kappa shape index (κ1) is 24.7. The lowest BCUT2D eigenvalue weighted by molar-refractivity contribution is -0.153. The predicted molar refractivity (Wildman–Crippen MR) is 115 cm³/mol. The molecular formula is C19H23F3IN3O3. The zero-order chi connectivity index (χ0) is 20.6. The molecule has 0 aliphatic carbocycles. The third-order valence-electron chi connectivity index (χ3n) is 3.68. The van der Waals surface area contributed by atoms with E-state index >= 15 is 0 Å². The predicted octanol–water partition coefficient (Wildman–Crippen LogP) is 3.87. The number of nitrogens with zero attached hydrogens (tertiary/aromatic N) is 1. The number of benzene rings is 2. The third kappa shape index (κ3) is 8.67. The Kier molecular flexibility index (Phi) is 9.86. The molecule has 0 bridgehead atoms. The van der Waals surface area contributed by atoms with Gasteiger partial charge in [-0.05, 0) is 35.4 Å². The number of methoxy groups -OCH3 is 2. The van der Waals surface area contributed by atoms with Crippen LogP contribution in [0.15, 0.2) is 47.5 Å². The molecule has 2 aromatic rings. The van der Waals surface area contributed by atoms with Gasteiger partial charge >= 0.3 is 6.18 Å². The molecule has 2 rings (SSSR count). The van der Waals surface area contributed by atoms with E-state index in [1.54, 1.807) is 32.4 Å². The van der Waals surface area contributed by atoms with Crippen molar-refractivity contribution in [1.82, 2.24) is 5.32 Å². The van der Waals surface area contributed by atoms with Crippen LogP contribution in [0.2, 0.25) is 0 Å². The molecule has 10 heteroatoms. The molecule has 0 heterocycles. The largest absolute Gasteiger partial charge is 0.493 e. The number of nitrogens with two attached hydrogens (primary N) is 1. The van der Waals surface area contributed by atoms with Crippen molar-refractivity contribution in [3.8, 4) is 17.2 Å². The van der Waals surface area contributed by atoms with Gasteiger partial charge in [-0.1, -0.05) is 18.2 Å². The molecule has 0 aromatic heterocycles. The van der Waals surface area contributed by atoms with Gasteiger partial charge in [0.25, 0.3) is 0 Å². The minimum absolute atomic E-state index is 0. The number of ether oxygens (including phenoxy) is 3. The van der Waals surface area contributed by atoms with Crippen LogP contribution in [0.1, 0.15) is 11.1 Å². The molecule has 0 saturated carbocycles. The van der Waals surface area contributed by atoms with Crippen LogP contribution in [0.25, 0.3) is 0 Å². The van der Waals surface area contributed by atoms with Crippen molar-refractivity contribution in [2.75, 3.05) is 20.8 Å². The molecule has 2 aromatic carbocycles. The minimum atomic E-state index is -4.36. The van der Waals surface area contributed by atoms with E-state index in [0.717, 1.165) is 11.1 Å². The van der Waals surface area contributed by atoms with E-state index in [2.05, 4.69) is 15.0 Å². The lowest BCUT2D eigenvalue weighted by Crippen LogP contribution is -2.31. The van der Waals surface area contributed by atoms with Gasteiger partial charge in [0.2, 0.25) is 0 Å². The molecule has 0 spiro atoms. The van der Waals surface area contributed by atoms with Crippen LogP contribution in [0.5, 0.6) is 17.2 Å². The maximum Gasteiger partial charge on any atom is 0.422 e. The SMILES string of the molecule is COc1ccc(CN=C(N)NCc2ccc(OCC(F)(F)F)cc2)cc1OC.I. The number of hydrogen-bond acceptors (Lipinski definition) is 4. The summed E-state index contributed by atoms with van der Waals surface area (Å²) in [7, 11) is 3.12. The van der Waals surface area contributed by atoms with Crippen molar-refractivity contribution in [1.29, 1.82) is 0 Å². The topological polar surface area (TPSA) is 78.1 Å². The Labute approximate surface area is 184 Å². The molecule has 29 heavy (non-hydrogen) atoms. The van der Waals surface area contributed by atoms with Gasteiger partial charge in [0.1, 0.15) is 5.75 Å². The highest BCUT2D eigenvalue weighted by atomic mass is 127. The van der Waals surface area contributed by atoms with Crippen LogP contribution in [-0.2, 0) is 13.1 Å². The van der Waals surface area contributed by atoms with E-state index in [0.29, 0.717) is 24.6 Å². The molecule has 0 unspecified atom stereocenters. The summed E-state index contributed by atoms with van der Waals surface area (Å²) < 4.78 is 51.5. The zero-order valence-corrected chi connectivity index (χ0v) is 18.3. The maximum atomic E-state index is 12.1. The van der Waals surface area contributed by atoms with E-state index in [-0.39, 0.29) is 35.7 Å². The van der Waals surface area contributed by atoms with Gasteiger partial charge in [0.15, 0.2) is 24.1 Å². The van der Waals surface area contributed by atoms with Gasteiger partial charge in [-0.25, -0.2) is 4.99 Å². The first-order valence-corrected chi connectivity index (χ1v) is 8.34. The van der Waals surface area contributed by atoms with Crippen LogP contribution in [-0.4, -0.2) is 33.0 Å². The maximum absolute atomic E-state index is 12.1. The summed E-state index contributed by atoms with van der Waals surface area (Å²) >= 11 is 0. The number of alkyl halides is 3. The Balaban J connectivity index is 0.00000420. The van der Waals surface area contributed by atoms with Gasteiger partial charge < -0.3 is 25.3 Å². The Morgan fingerprint density at radius 2 is 1.62 bits per heavy atom. The molecule has 0 amide bonds. The highest BCUT2D eigenvalue weighted by molar-refractivity contribution is 14.0. The monoisotopic (exact) mass is 525 g/mol. The van der Waals surface area contributed by atoms with Crippen molar-refractivity contribution < 1.29 is 27.4 Å². The summed E-state index contributed by atoms with van der Waals surface area (Å²) in [4.78, 5) is 4.25. The minimum Gasteiger partial charge on any atom is -0.493 e. The summed E-state index contributed by atoms with van der Waals surface area (Å²) in [6.07, 6.45) is -4.36. The van der Waals surface area contributed by atoms with Crippen LogP contribution in [0, 0.1) is 0 Å². The quantitative estimate of drug-likeness (QED) is 0.311. The number of aliphatic imine (C=N–C) groups is 1. The van der Waals surface area contributed by atoms with Crippen molar-refractivity contribution in [2.24, 2.45) is 10.7 Å². The molecule has 0 radical (unpaired) electrons. The summed E-state index contributed by atoms with van der Waals surface area (Å²) in [6.45, 7) is -0.593. The molecule has 3 N–H and O–H groups in total. The van der Waals surface area contributed by atoms with Crippen LogP contribution < -0.4 is 25.3 Å². The standard InChI is InChI=1S/C19H22F3N3O3.HI/c1-26-16-8-5-14(9-17(16)27-2)11-25-18(23)24-10-13-3-6-15(7-4-13)28-12-19(20,21)22;/h3-9H,10-12H2,1-2H3,(H3,23,24,25);1H. The molecule has 0 aliphatic rings. The smallest absolute Gasteiger partial charge is 0.422 e. The lowest BCUT2D eigenvalue weighted by Gasteiger charge is -2.10. The first-order chi connectivity index (χ1) is 13.3. The fourth-order valence-corrected chi connectivity index (χ4v) is 2.27. The van der Waals surface area contributed by atoms with E-state index in [1.165, 1.54) is 12.1 Å². The first-order valence-electron chi connectivity index (χ1n) is 8.34. The number of halogens is 4. The Morgan fingerprint density at radius 3 is 2.21 bits per heavy atom. The Morgan fingerprint density at radius 1 is 1.00 bits per heavy atom. The molecular weight excluding hydrogens is 502 g/mol. The summed E-state index contributed by atoms with van der Waals surface area (Å²) in [6, 6.07) is 11.7. The van der Waals surface area contributed by atoms with Crippen molar-refractivity contribution in [2.45, 2.75) is 19.3 Å². The molecule has 6 nitrogen and oxygen atoms in total. The second-order valence-electron chi connectivity index (χ2n) is 5.79. The van der Waals surface area contributed by atoms with Crippen molar-refractivity contribution >= 4 is 29.9 Å². The van der Waals surface area contributed by atoms with E-state index in [1.807, 2.05) is 12.1 Å². The number of nitrogens with one attached hydrogen (secondary N) is 1. The van der Waals surface area contributed by atoms with Crippen molar-refractivity contribution in [3.63, 3.8) is 0 Å². The fourth-order valence-electron chi connectivity index (χ4n) is 2.27. The van der Waals surface area contributed by atoms with Gasteiger partial charge in [-0.3, -0.25) is 0 Å². The van der Waals surface area contributed by atoms with E-state index in [4.69, 9.17) is 15.2 Å². The van der Waals surface area contributed by atoms with Gasteiger partial charge in [0.05, 0.1) is 20.8 Å². The highest BCUT2D eigenvalue weighted by Gasteiger charge is 2.28. The zero-order valence-electron chi connectivity index (χ0n) is 16.0. The second-order valence-corrected chi connectivity index (χ2v) is 5.79. The molecule has 0 aliphatic heterocycles. The lowest BCUT2D eigenvalue weighted by atomic mass is 10.2. The second kappa shape index (κ2) is 11.6. The molecule has 0 saturated heterocycles. The van der Waals surface area contributed by atoms with Crippen molar-refractivity contribution in [3.05, 3.63) is 53.6 Å². The highest BCUT2D eigenvalue weighted by Crippen LogP contribution is 2.27. The number of rotatable bonds is 8. The Bertz CT molecular complexity index is 800. The average molecular weight is 525 g/mol. The van der Waals surface area contributed by atoms with Crippen LogP contribution in [0.3, 0.4) is 0 Å². The summed E-state index contributed by atoms with van der Waals surface area (Å²) in [5.74, 6) is 1.63. The van der Waals surface area contributed by atoms with E-state index < -0.39 is 12.8 Å². The van der Waals surface area contributed by atoms with E-state index in [9.17, 15) is 13.2 Å². The summed E-state index contributed by atoms with van der Waals surface area (Å²) in [5.41, 5.74) is 7.57. The summed E-state index contributed by atoms with van der Waals surface area (Å²) in [5, 5.41) is 2.95. The van der Waals surface area contributed by atoms with Crippen LogP contribution in [0.4, 0.5) is 13.2 Å². The molecule has 0 fully saturated rings. The molecule has 0 atom stereocenters. The van der Waals surface area contributed by atoms with Gasteiger partial charge in [-0.2, -0.15) is 13.2 Å². The number of hydrogen-bond donors (Lipinski definition) is 2. The van der Waals surface area contributed by atoms with Gasteiger partial charge in [0, 0.05) is 6.54 Å². The fraction of sp³-hybridized carbons (Fsp3) is 0.316. The normalized spacial score (nSPS) is 11.4. The number of guanidine groups is 1. The average Bonchev–Trinajstić information content (AvgIpc) is 2.69. The van der Waals surface area contributed by atoms with Gasteiger partial charge in [-0.15, -0.1) is 24.0 Å².